The van der Waals surface area contributed by atoms with Gasteiger partial charge in [-0.2, -0.15) is 5.10 Å². The van der Waals surface area contributed by atoms with Crippen LogP contribution < -0.4 is 5.32 Å². The van der Waals surface area contributed by atoms with Crippen LogP contribution in [0.5, 0.6) is 0 Å². The molecule has 102 valence electrons. The minimum Gasteiger partial charge on any atom is -0.309 e. The Bertz CT molecular complexity index is 508. The molecular formula is C13H19N5S. The van der Waals surface area contributed by atoms with Crippen molar-refractivity contribution in [1.82, 2.24) is 25.1 Å². The van der Waals surface area contributed by atoms with Gasteiger partial charge in [0.1, 0.15) is 6.33 Å². The number of hydrogen-bond donors (Lipinski definition) is 1. The molecule has 5 nitrogen and oxygen atoms in total. The fraction of sp³-hybridized carbons (Fsp3) is 0.462. The summed E-state index contributed by atoms with van der Waals surface area (Å²) in [7, 11) is 1.88. The highest BCUT2D eigenvalue weighted by Gasteiger charge is 2.10. The smallest absolute Gasteiger partial charge is 0.190 e. The summed E-state index contributed by atoms with van der Waals surface area (Å²) >= 11 is 1.57. The molecule has 0 aliphatic carbocycles. The number of aryl methyl sites for hydroxylation is 1. The van der Waals surface area contributed by atoms with Gasteiger partial charge in [-0.1, -0.05) is 13.8 Å². The van der Waals surface area contributed by atoms with Crippen LogP contribution in [0.4, 0.5) is 0 Å². The lowest BCUT2D eigenvalue weighted by Crippen LogP contribution is -2.20. The van der Waals surface area contributed by atoms with E-state index in [-0.39, 0.29) is 0 Å². The zero-order chi connectivity index (χ0) is 13.7. The number of nitrogens with zero attached hydrogens (tertiary/aromatic N) is 4. The van der Waals surface area contributed by atoms with Gasteiger partial charge in [0.25, 0.3) is 0 Å². The average Bonchev–Trinajstić information content (AvgIpc) is 2.83. The third-order valence-electron chi connectivity index (χ3n) is 2.85. The standard InChI is InChI=1S/C13H19N5S/c1-4-11(14-5-2)12-7-6-10(8-15-12)19-13-16-9-17-18(13)3/h6-9,11,14H,4-5H2,1-3H3. The Morgan fingerprint density at radius 2 is 2.16 bits per heavy atom. The van der Waals surface area contributed by atoms with E-state index < -0.39 is 0 Å². The molecule has 6 heteroatoms. The van der Waals surface area contributed by atoms with Gasteiger partial charge in [0.05, 0.1) is 5.69 Å². The van der Waals surface area contributed by atoms with Crippen LogP contribution in [0.15, 0.2) is 34.7 Å². The number of nitrogens with one attached hydrogen (secondary N) is 1. The first-order chi connectivity index (χ1) is 9.24. The van der Waals surface area contributed by atoms with Crippen LogP contribution in [-0.2, 0) is 7.05 Å². The SMILES string of the molecule is CCNC(CC)c1ccc(Sc2ncnn2C)cn1. The van der Waals surface area contributed by atoms with Crippen molar-refractivity contribution >= 4 is 11.8 Å². The summed E-state index contributed by atoms with van der Waals surface area (Å²) in [6.45, 7) is 5.23. The molecule has 0 aromatic carbocycles. The van der Waals surface area contributed by atoms with Crippen LogP contribution in [0, 0.1) is 0 Å². The van der Waals surface area contributed by atoms with Crippen LogP contribution in [0.25, 0.3) is 0 Å². The van der Waals surface area contributed by atoms with Gasteiger partial charge in [-0.3, -0.25) is 4.98 Å². The summed E-state index contributed by atoms with van der Waals surface area (Å²) < 4.78 is 1.76. The van der Waals surface area contributed by atoms with Crippen molar-refractivity contribution in [3.8, 4) is 0 Å². The zero-order valence-electron chi connectivity index (χ0n) is 11.5. The van der Waals surface area contributed by atoms with Gasteiger partial charge in [-0.05, 0) is 36.9 Å². The van der Waals surface area contributed by atoms with E-state index in [0.29, 0.717) is 6.04 Å². The number of rotatable bonds is 6. The third kappa shape index (κ3) is 3.54. The second kappa shape index (κ2) is 6.68. The minimum atomic E-state index is 0.332. The predicted molar refractivity (Wildman–Crippen MR) is 76.1 cm³/mol. The lowest BCUT2D eigenvalue weighted by molar-refractivity contribution is 0.524. The van der Waals surface area contributed by atoms with Gasteiger partial charge in [0.2, 0.25) is 0 Å². The normalized spacial score (nSPS) is 12.6. The first-order valence-corrected chi connectivity index (χ1v) is 7.27. The number of hydrogen-bond acceptors (Lipinski definition) is 5. The maximum absolute atomic E-state index is 4.54. The minimum absolute atomic E-state index is 0.332. The molecule has 0 bridgehead atoms. The molecule has 1 atom stereocenters. The first-order valence-electron chi connectivity index (χ1n) is 6.45. The molecule has 0 saturated carbocycles. The predicted octanol–water partition coefficient (Wildman–Crippen LogP) is 2.42. The fourth-order valence-corrected chi connectivity index (χ4v) is 2.58. The summed E-state index contributed by atoms with van der Waals surface area (Å²) in [4.78, 5) is 9.80. The number of pyridine rings is 1. The van der Waals surface area contributed by atoms with Crippen LogP contribution in [0.3, 0.4) is 0 Å². The largest absolute Gasteiger partial charge is 0.309 e. The molecule has 0 spiro atoms. The molecule has 2 aromatic rings. The highest BCUT2D eigenvalue weighted by molar-refractivity contribution is 7.99. The Morgan fingerprint density at radius 3 is 2.68 bits per heavy atom. The summed E-state index contributed by atoms with van der Waals surface area (Å²) in [5, 5.41) is 8.35. The van der Waals surface area contributed by atoms with E-state index in [4.69, 9.17) is 0 Å². The van der Waals surface area contributed by atoms with E-state index in [2.05, 4.69) is 46.4 Å². The third-order valence-corrected chi connectivity index (χ3v) is 3.88. The highest BCUT2D eigenvalue weighted by atomic mass is 32.2. The van der Waals surface area contributed by atoms with Crippen LogP contribution in [0.2, 0.25) is 0 Å². The molecule has 0 aliphatic rings. The van der Waals surface area contributed by atoms with Crippen molar-refractivity contribution in [3.63, 3.8) is 0 Å². The van der Waals surface area contributed by atoms with E-state index >= 15 is 0 Å². The second-order valence-electron chi connectivity index (χ2n) is 4.21. The molecule has 2 heterocycles. The Morgan fingerprint density at radius 1 is 1.32 bits per heavy atom. The Kier molecular flexibility index (Phi) is 4.93. The zero-order valence-corrected chi connectivity index (χ0v) is 12.3. The average molecular weight is 277 g/mol. The van der Waals surface area contributed by atoms with E-state index in [1.807, 2.05) is 13.2 Å². The van der Waals surface area contributed by atoms with Gasteiger partial charge in [-0.15, -0.1) is 0 Å². The number of aromatic nitrogens is 4. The summed E-state index contributed by atoms with van der Waals surface area (Å²) in [5.74, 6) is 0. The van der Waals surface area contributed by atoms with Gasteiger partial charge in [-0.25, -0.2) is 9.67 Å². The molecule has 0 fully saturated rings. The van der Waals surface area contributed by atoms with E-state index in [0.717, 1.165) is 28.7 Å². The molecule has 0 radical (unpaired) electrons. The molecule has 2 rings (SSSR count). The molecule has 1 unspecified atom stereocenters. The van der Waals surface area contributed by atoms with Gasteiger partial charge in [0.15, 0.2) is 5.16 Å². The second-order valence-corrected chi connectivity index (χ2v) is 5.25. The Hall–Kier alpha value is -1.40. The van der Waals surface area contributed by atoms with Crippen molar-refractivity contribution in [3.05, 3.63) is 30.4 Å². The van der Waals surface area contributed by atoms with Crippen molar-refractivity contribution in [2.24, 2.45) is 7.05 Å². The summed E-state index contributed by atoms with van der Waals surface area (Å²) in [6.07, 6.45) is 4.49. The topological polar surface area (TPSA) is 55.6 Å². The van der Waals surface area contributed by atoms with Crippen molar-refractivity contribution in [1.29, 1.82) is 0 Å². The van der Waals surface area contributed by atoms with Gasteiger partial charge >= 0.3 is 0 Å². The van der Waals surface area contributed by atoms with Crippen LogP contribution in [-0.4, -0.2) is 26.3 Å². The molecular weight excluding hydrogens is 258 g/mol. The summed E-state index contributed by atoms with van der Waals surface area (Å²) in [5.41, 5.74) is 1.09. The van der Waals surface area contributed by atoms with Crippen LogP contribution >= 0.6 is 11.8 Å². The van der Waals surface area contributed by atoms with E-state index in [9.17, 15) is 0 Å². The lowest BCUT2D eigenvalue weighted by atomic mass is 10.1. The maximum atomic E-state index is 4.54. The van der Waals surface area contributed by atoms with Crippen molar-refractivity contribution in [2.45, 2.75) is 36.4 Å². The van der Waals surface area contributed by atoms with Crippen molar-refractivity contribution < 1.29 is 0 Å². The Balaban J connectivity index is 2.08. The monoisotopic (exact) mass is 277 g/mol. The van der Waals surface area contributed by atoms with Crippen LogP contribution in [0.1, 0.15) is 32.0 Å². The highest BCUT2D eigenvalue weighted by Crippen LogP contribution is 2.25. The van der Waals surface area contributed by atoms with Crippen molar-refractivity contribution in [2.75, 3.05) is 6.54 Å². The fourth-order valence-electron chi connectivity index (χ4n) is 1.85. The first kappa shape index (κ1) is 14.0. The molecule has 2 aromatic heterocycles. The molecule has 1 N–H and O–H groups in total. The Labute approximate surface area is 117 Å². The van der Waals surface area contributed by atoms with Gasteiger partial charge < -0.3 is 5.32 Å². The molecule has 19 heavy (non-hydrogen) atoms. The molecule has 0 saturated heterocycles. The van der Waals surface area contributed by atoms with E-state index in [1.54, 1.807) is 22.8 Å². The maximum Gasteiger partial charge on any atom is 0.190 e. The lowest BCUT2D eigenvalue weighted by Gasteiger charge is -2.15. The van der Waals surface area contributed by atoms with E-state index in [1.165, 1.54) is 0 Å². The molecule has 0 amide bonds. The molecule has 0 aliphatic heterocycles. The quantitative estimate of drug-likeness (QED) is 0.879. The summed E-state index contributed by atoms with van der Waals surface area (Å²) in [6, 6.07) is 4.50. The van der Waals surface area contributed by atoms with Gasteiger partial charge in [0, 0.05) is 24.2 Å².